The van der Waals surface area contributed by atoms with Crippen LogP contribution in [0.1, 0.15) is 40.0 Å². The van der Waals surface area contributed by atoms with Crippen molar-refractivity contribution in [2.75, 3.05) is 20.3 Å². The van der Waals surface area contributed by atoms with Crippen LogP contribution in [0.15, 0.2) is 0 Å². The molecular formula is C11H25NO. The van der Waals surface area contributed by atoms with E-state index in [0.29, 0.717) is 6.04 Å². The maximum atomic E-state index is 5.09. The standard InChI is InChI=1S/C11H25NO/c1-5-12-11(8-9-13-4)7-6-10(2)3/h10-12H,5-9H2,1-4H3. The predicted molar refractivity (Wildman–Crippen MR) is 58.0 cm³/mol. The van der Waals surface area contributed by atoms with Gasteiger partial charge in [-0.05, 0) is 31.7 Å². The molecule has 0 fully saturated rings. The smallest absolute Gasteiger partial charge is 0.0477 e. The third-order valence-electron chi connectivity index (χ3n) is 2.26. The molecule has 1 atom stereocenters. The molecule has 13 heavy (non-hydrogen) atoms. The van der Waals surface area contributed by atoms with Crippen molar-refractivity contribution in [2.45, 2.75) is 46.1 Å². The van der Waals surface area contributed by atoms with Gasteiger partial charge in [-0.15, -0.1) is 0 Å². The van der Waals surface area contributed by atoms with Crippen LogP contribution in [0.5, 0.6) is 0 Å². The van der Waals surface area contributed by atoms with Gasteiger partial charge < -0.3 is 10.1 Å². The third kappa shape index (κ3) is 8.26. The van der Waals surface area contributed by atoms with Crippen molar-refractivity contribution in [2.24, 2.45) is 5.92 Å². The Bertz CT molecular complexity index is 104. The number of rotatable bonds is 8. The maximum Gasteiger partial charge on any atom is 0.0477 e. The number of methoxy groups -OCH3 is 1. The van der Waals surface area contributed by atoms with E-state index in [4.69, 9.17) is 4.74 Å². The van der Waals surface area contributed by atoms with Gasteiger partial charge in [0.15, 0.2) is 0 Å². The highest BCUT2D eigenvalue weighted by Gasteiger charge is 2.07. The molecule has 0 aromatic heterocycles. The van der Waals surface area contributed by atoms with Crippen LogP contribution in [-0.2, 0) is 4.74 Å². The zero-order chi connectivity index (χ0) is 10.1. The molecule has 0 aliphatic rings. The first-order valence-corrected chi connectivity index (χ1v) is 5.43. The summed E-state index contributed by atoms with van der Waals surface area (Å²) in [5.41, 5.74) is 0. The van der Waals surface area contributed by atoms with Gasteiger partial charge in [0.1, 0.15) is 0 Å². The Labute approximate surface area is 83.1 Å². The van der Waals surface area contributed by atoms with Crippen molar-refractivity contribution in [3.63, 3.8) is 0 Å². The molecule has 0 rings (SSSR count). The zero-order valence-corrected chi connectivity index (χ0v) is 9.60. The van der Waals surface area contributed by atoms with E-state index in [9.17, 15) is 0 Å². The fourth-order valence-electron chi connectivity index (χ4n) is 1.43. The summed E-state index contributed by atoms with van der Waals surface area (Å²) in [6, 6.07) is 0.646. The van der Waals surface area contributed by atoms with Crippen LogP contribution in [0.2, 0.25) is 0 Å². The third-order valence-corrected chi connectivity index (χ3v) is 2.26. The summed E-state index contributed by atoms with van der Waals surface area (Å²) < 4.78 is 5.09. The van der Waals surface area contributed by atoms with Crippen LogP contribution in [0.4, 0.5) is 0 Å². The van der Waals surface area contributed by atoms with Crippen LogP contribution < -0.4 is 5.32 Å². The van der Waals surface area contributed by atoms with Crippen molar-refractivity contribution in [1.82, 2.24) is 5.32 Å². The molecule has 0 saturated carbocycles. The van der Waals surface area contributed by atoms with Gasteiger partial charge in [0.2, 0.25) is 0 Å². The average molecular weight is 187 g/mol. The van der Waals surface area contributed by atoms with Gasteiger partial charge in [0.25, 0.3) is 0 Å². The molecule has 2 heteroatoms. The van der Waals surface area contributed by atoms with Gasteiger partial charge >= 0.3 is 0 Å². The minimum absolute atomic E-state index is 0.646. The second-order valence-electron chi connectivity index (χ2n) is 4.01. The van der Waals surface area contributed by atoms with Crippen molar-refractivity contribution in [3.05, 3.63) is 0 Å². The van der Waals surface area contributed by atoms with Crippen LogP contribution in [0.25, 0.3) is 0 Å². The van der Waals surface area contributed by atoms with Crippen molar-refractivity contribution in [1.29, 1.82) is 0 Å². The molecule has 0 aliphatic carbocycles. The molecule has 0 amide bonds. The van der Waals surface area contributed by atoms with Crippen molar-refractivity contribution >= 4 is 0 Å². The highest BCUT2D eigenvalue weighted by Crippen LogP contribution is 2.09. The van der Waals surface area contributed by atoms with E-state index in [1.807, 2.05) is 0 Å². The van der Waals surface area contributed by atoms with Crippen LogP contribution in [0, 0.1) is 5.92 Å². The highest BCUT2D eigenvalue weighted by molar-refractivity contribution is 4.66. The van der Waals surface area contributed by atoms with E-state index >= 15 is 0 Å². The summed E-state index contributed by atoms with van der Waals surface area (Å²) in [4.78, 5) is 0. The Balaban J connectivity index is 3.53. The van der Waals surface area contributed by atoms with Crippen molar-refractivity contribution < 1.29 is 4.74 Å². The monoisotopic (exact) mass is 187 g/mol. The Morgan fingerprint density at radius 1 is 1.15 bits per heavy atom. The summed E-state index contributed by atoms with van der Waals surface area (Å²) in [5, 5.41) is 3.49. The first kappa shape index (κ1) is 12.9. The Kier molecular flexibility index (Phi) is 8.46. The lowest BCUT2D eigenvalue weighted by atomic mass is 10.0. The van der Waals surface area contributed by atoms with Gasteiger partial charge in [-0.25, -0.2) is 0 Å². The van der Waals surface area contributed by atoms with Crippen LogP contribution in [0.3, 0.4) is 0 Å². The quantitative estimate of drug-likeness (QED) is 0.630. The van der Waals surface area contributed by atoms with E-state index in [1.165, 1.54) is 12.8 Å². The lowest BCUT2D eigenvalue weighted by molar-refractivity contribution is 0.180. The molecule has 0 aliphatic heterocycles. The number of ether oxygens (including phenoxy) is 1. The molecule has 1 N–H and O–H groups in total. The van der Waals surface area contributed by atoms with Crippen LogP contribution >= 0.6 is 0 Å². The van der Waals surface area contributed by atoms with Gasteiger partial charge in [0.05, 0.1) is 0 Å². The van der Waals surface area contributed by atoms with Gasteiger partial charge in [-0.2, -0.15) is 0 Å². The van der Waals surface area contributed by atoms with E-state index in [0.717, 1.165) is 25.5 Å². The van der Waals surface area contributed by atoms with Gasteiger partial charge in [-0.3, -0.25) is 0 Å². The molecule has 0 saturated heterocycles. The first-order valence-electron chi connectivity index (χ1n) is 5.43. The average Bonchev–Trinajstić information content (AvgIpc) is 2.09. The summed E-state index contributed by atoms with van der Waals surface area (Å²) in [5.74, 6) is 0.809. The topological polar surface area (TPSA) is 21.3 Å². The maximum absolute atomic E-state index is 5.09. The fraction of sp³-hybridized carbons (Fsp3) is 1.00. The molecule has 0 aromatic carbocycles. The molecule has 0 spiro atoms. The lowest BCUT2D eigenvalue weighted by Crippen LogP contribution is -2.30. The normalized spacial score (nSPS) is 13.6. The summed E-state index contributed by atoms with van der Waals surface area (Å²) >= 11 is 0. The molecule has 0 heterocycles. The Hall–Kier alpha value is -0.0800. The summed E-state index contributed by atoms with van der Waals surface area (Å²) in [6.07, 6.45) is 3.72. The largest absolute Gasteiger partial charge is 0.385 e. The van der Waals surface area contributed by atoms with Gasteiger partial charge in [0, 0.05) is 19.8 Å². The zero-order valence-electron chi connectivity index (χ0n) is 9.60. The molecule has 0 radical (unpaired) electrons. The molecule has 2 nitrogen and oxygen atoms in total. The van der Waals surface area contributed by atoms with E-state index < -0.39 is 0 Å². The molecule has 0 bridgehead atoms. The summed E-state index contributed by atoms with van der Waals surface area (Å²) in [7, 11) is 1.77. The molecular weight excluding hydrogens is 162 g/mol. The van der Waals surface area contributed by atoms with E-state index in [1.54, 1.807) is 7.11 Å². The molecule has 0 aromatic rings. The summed E-state index contributed by atoms with van der Waals surface area (Å²) in [6.45, 7) is 8.65. The number of nitrogens with one attached hydrogen (secondary N) is 1. The van der Waals surface area contributed by atoms with Crippen LogP contribution in [-0.4, -0.2) is 26.3 Å². The Morgan fingerprint density at radius 2 is 1.85 bits per heavy atom. The predicted octanol–water partition coefficient (Wildman–Crippen LogP) is 2.44. The Morgan fingerprint density at radius 3 is 2.31 bits per heavy atom. The molecule has 80 valence electrons. The lowest BCUT2D eigenvalue weighted by Gasteiger charge is -2.18. The van der Waals surface area contributed by atoms with E-state index in [2.05, 4.69) is 26.1 Å². The number of hydrogen-bond acceptors (Lipinski definition) is 2. The second-order valence-corrected chi connectivity index (χ2v) is 4.01. The highest BCUT2D eigenvalue weighted by atomic mass is 16.5. The van der Waals surface area contributed by atoms with Crippen molar-refractivity contribution in [3.8, 4) is 0 Å². The number of hydrogen-bond donors (Lipinski definition) is 1. The first-order chi connectivity index (χ1) is 6.20. The van der Waals surface area contributed by atoms with E-state index in [-0.39, 0.29) is 0 Å². The SMILES string of the molecule is CCNC(CCOC)CCC(C)C. The second kappa shape index (κ2) is 8.52. The minimum atomic E-state index is 0.646. The fourth-order valence-corrected chi connectivity index (χ4v) is 1.43. The molecule has 1 unspecified atom stereocenters. The van der Waals surface area contributed by atoms with Gasteiger partial charge in [-0.1, -0.05) is 20.8 Å². The minimum Gasteiger partial charge on any atom is -0.385 e.